The maximum Gasteiger partial charge on any atom is 0.310 e. The van der Waals surface area contributed by atoms with Crippen LogP contribution < -0.4 is 5.32 Å². The largest absolute Gasteiger partial charge is 0.466 e. The summed E-state index contributed by atoms with van der Waals surface area (Å²) in [5, 5.41) is 3.34. The van der Waals surface area contributed by atoms with E-state index in [4.69, 9.17) is 16.3 Å². The molecule has 0 saturated carbocycles. The number of likely N-dealkylation sites (tertiary alicyclic amines) is 1. The van der Waals surface area contributed by atoms with E-state index in [1.807, 2.05) is 19.1 Å². The Kier molecular flexibility index (Phi) is 9.23. The molecule has 0 spiro atoms. The average molecular weight is 472 g/mol. The minimum absolute atomic E-state index is 0. The Morgan fingerprint density at radius 2 is 2.35 bits per heavy atom. The second kappa shape index (κ2) is 10.4. The summed E-state index contributed by atoms with van der Waals surface area (Å²) in [5.74, 6) is 0.648. The number of hydrogen-bond donors (Lipinski definition) is 1. The van der Waals surface area contributed by atoms with Crippen molar-refractivity contribution in [3.63, 3.8) is 0 Å². The summed E-state index contributed by atoms with van der Waals surface area (Å²) in [7, 11) is 1.76. The zero-order valence-corrected chi connectivity index (χ0v) is 17.3. The van der Waals surface area contributed by atoms with Crippen molar-refractivity contribution in [2.24, 2.45) is 10.9 Å². The molecule has 23 heavy (non-hydrogen) atoms. The van der Waals surface area contributed by atoms with Gasteiger partial charge in [-0.05, 0) is 31.9 Å². The van der Waals surface area contributed by atoms with E-state index in [9.17, 15) is 4.79 Å². The molecule has 2 heterocycles. The Morgan fingerprint density at radius 3 is 2.96 bits per heavy atom. The summed E-state index contributed by atoms with van der Waals surface area (Å²) >= 11 is 7.49. The molecule has 0 unspecified atom stereocenters. The molecular formula is C15H23ClIN3O2S. The van der Waals surface area contributed by atoms with Gasteiger partial charge in [0.15, 0.2) is 5.96 Å². The highest BCUT2D eigenvalue weighted by Gasteiger charge is 2.28. The predicted octanol–water partition coefficient (Wildman–Crippen LogP) is 3.37. The third-order valence-corrected chi connectivity index (χ3v) is 4.83. The Morgan fingerprint density at radius 1 is 1.57 bits per heavy atom. The van der Waals surface area contributed by atoms with Crippen LogP contribution in [0.15, 0.2) is 17.1 Å². The fourth-order valence-electron chi connectivity index (χ4n) is 2.57. The molecule has 1 aromatic rings. The summed E-state index contributed by atoms with van der Waals surface area (Å²) in [6.45, 7) is 4.52. The Balaban J connectivity index is 0.00000264. The average Bonchev–Trinajstić information content (AvgIpc) is 2.94. The lowest BCUT2D eigenvalue weighted by atomic mass is 9.98. The Bertz CT molecular complexity index is 539. The van der Waals surface area contributed by atoms with Crippen LogP contribution in [0.4, 0.5) is 0 Å². The number of rotatable bonds is 4. The number of guanidine groups is 1. The van der Waals surface area contributed by atoms with E-state index in [0.717, 1.165) is 34.6 Å². The molecule has 0 aliphatic carbocycles. The molecular weight excluding hydrogens is 449 g/mol. The number of nitrogens with one attached hydrogen (secondary N) is 1. The van der Waals surface area contributed by atoms with Gasteiger partial charge in [0.1, 0.15) is 0 Å². The molecule has 1 aliphatic rings. The van der Waals surface area contributed by atoms with Crippen LogP contribution in [-0.4, -0.2) is 43.6 Å². The molecule has 0 radical (unpaired) electrons. The smallest absolute Gasteiger partial charge is 0.310 e. The number of piperidine rings is 1. The SMILES string of the molecule is CCOC(=O)[C@@H]1CCCN(C(=NC)NCc2ccc(Cl)s2)C1.I. The molecule has 1 fully saturated rings. The van der Waals surface area contributed by atoms with Crippen LogP contribution in [0.5, 0.6) is 0 Å². The van der Waals surface area contributed by atoms with Crippen molar-refractivity contribution in [2.75, 3.05) is 26.7 Å². The van der Waals surface area contributed by atoms with Gasteiger partial charge < -0.3 is 15.0 Å². The lowest BCUT2D eigenvalue weighted by Gasteiger charge is -2.33. The van der Waals surface area contributed by atoms with Gasteiger partial charge in [0.05, 0.1) is 23.4 Å². The predicted molar refractivity (Wildman–Crippen MR) is 106 cm³/mol. The Hall–Kier alpha value is -0.540. The number of carbonyl (C=O) groups excluding carboxylic acids is 1. The molecule has 1 aliphatic heterocycles. The molecule has 1 N–H and O–H groups in total. The minimum Gasteiger partial charge on any atom is -0.466 e. The van der Waals surface area contributed by atoms with Crippen LogP contribution in [0.1, 0.15) is 24.6 Å². The zero-order valence-electron chi connectivity index (χ0n) is 13.4. The lowest BCUT2D eigenvalue weighted by Crippen LogP contribution is -2.48. The number of halogens is 2. The van der Waals surface area contributed by atoms with E-state index >= 15 is 0 Å². The highest BCUT2D eigenvalue weighted by atomic mass is 127. The highest BCUT2D eigenvalue weighted by molar-refractivity contribution is 14.0. The van der Waals surface area contributed by atoms with Gasteiger partial charge >= 0.3 is 5.97 Å². The van der Waals surface area contributed by atoms with Crippen LogP contribution >= 0.6 is 46.9 Å². The van der Waals surface area contributed by atoms with Gasteiger partial charge in [-0.1, -0.05) is 11.6 Å². The molecule has 5 nitrogen and oxygen atoms in total. The summed E-state index contributed by atoms with van der Waals surface area (Å²) in [4.78, 5) is 19.5. The van der Waals surface area contributed by atoms with Crippen LogP contribution in [-0.2, 0) is 16.1 Å². The summed E-state index contributed by atoms with van der Waals surface area (Å²) in [5.41, 5.74) is 0. The second-order valence-corrected chi connectivity index (χ2v) is 6.94. The van der Waals surface area contributed by atoms with Gasteiger partial charge in [-0.15, -0.1) is 35.3 Å². The standard InChI is InChI=1S/C15H22ClN3O2S.HI/c1-3-21-14(20)11-5-4-8-19(10-11)15(17-2)18-9-12-6-7-13(16)22-12;/h6-7,11H,3-5,8-10H2,1-2H3,(H,17,18);1H/t11-;/m1./s1. The fraction of sp³-hybridized carbons (Fsp3) is 0.600. The molecule has 0 bridgehead atoms. The van der Waals surface area contributed by atoms with Crippen LogP contribution in [0, 0.1) is 5.92 Å². The normalized spacial score (nSPS) is 18.3. The summed E-state index contributed by atoms with van der Waals surface area (Å²) < 4.78 is 5.92. The molecule has 1 atom stereocenters. The van der Waals surface area contributed by atoms with Crippen LogP contribution in [0.3, 0.4) is 0 Å². The zero-order chi connectivity index (χ0) is 15.9. The summed E-state index contributed by atoms with van der Waals surface area (Å²) in [6, 6.07) is 3.90. The van der Waals surface area contributed by atoms with Crippen molar-refractivity contribution in [1.29, 1.82) is 0 Å². The molecule has 2 rings (SSSR count). The Labute approximate surface area is 163 Å². The molecule has 0 aromatic carbocycles. The number of carbonyl (C=O) groups is 1. The third kappa shape index (κ3) is 6.11. The van der Waals surface area contributed by atoms with Crippen molar-refractivity contribution in [1.82, 2.24) is 10.2 Å². The number of thiophene rings is 1. The number of hydrogen-bond acceptors (Lipinski definition) is 4. The van der Waals surface area contributed by atoms with Crippen molar-refractivity contribution in [3.05, 3.63) is 21.3 Å². The van der Waals surface area contributed by atoms with Crippen molar-refractivity contribution < 1.29 is 9.53 Å². The van der Waals surface area contributed by atoms with Gasteiger partial charge in [0.25, 0.3) is 0 Å². The van der Waals surface area contributed by atoms with E-state index < -0.39 is 0 Å². The molecule has 8 heteroatoms. The first-order valence-electron chi connectivity index (χ1n) is 7.50. The van der Waals surface area contributed by atoms with E-state index in [2.05, 4.69) is 15.2 Å². The first-order valence-corrected chi connectivity index (χ1v) is 8.70. The molecule has 1 saturated heterocycles. The lowest BCUT2D eigenvalue weighted by molar-refractivity contribution is -0.149. The van der Waals surface area contributed by atoms with E-state index in [-0.39, 0.29) is 35.9 Å². The van der Waals surface area contributed by atoms with Gasteiger partial charge in [-0.3, -0.25) is 9.79 Å². The van der Waals surface area contributed by atoms with Gasteiger partial charge in [-0.2, -0.15) is 0 Å². The topological polar surface area (TPSA) is 53.9 Å². The number of nitrogens with zero attached hydrogens (tertiary/aromatic N) is 2. The third-order valence-electron chi connectivity index (χ3n) is 3.60. The second-order valence-electron chi connectivity index (χ2n) is 5.14. The van der Waals surface area contributed by atoms with E-state index in [1.165, 1.54) is 0 Å². The van der Waals surface area contributed by atoms with Gasteiger partial charge in [0.2, 0.25) is 0 Å². The maximum absolute atomic E-state index is 11.9. The minimum atomic E-state index is -0.104. The first kappa shape index (κ1) is 20.5. The van der Waals surface area contributed by atoms with E-state index in [0.29, 0.717) is 19.7 Å². The highest BCUT2D eigenvalue weighted by Crippen LogP contribution is 2.21. The quantitative estimate of drug-likeness (QED) is 0.317. The molecule has 0 amide bonds. The fourth-order valence-corrected chi connectivity index (χ4v) is 3.59. The van der Waals surface area contributed by atoms with Crippen LogP contribution in [0.25, 0.3) is 0 Å². The number of esters is 1. The van der Waals surface area contributed by atoms with E-state index in [1.54, 1.807) is 18.4 Å². The van der Waals surface area contributed by atoms with Gasteiger partial charge in [0, 0.05) is 25.0 Å². The molecule has 1 aromatic heterocycles. The summed E-state index contributed by atoms with van der Waals surface area (Å²) in [6.07, 6.45) is 1.85. The number of aliphatic imine (C=N–C) groups is 1. The maximum atomic E-state index is 11.9. The first-order chi connectivity index (χ1) is 10.6. The van der Waals surface area contributed by atoms with Crippen molar-refractivity contribution in [3.8, 4) is 0 Å². The monoisotopic (exact) mass is 471 g/mol. The van der Waals surface area contributed by atoms with Crippen molar-refractivity contribution >= 4 is 58.8 Å². The van der Waals surface area contributed by atoms with Gasteiger partial charge in [-0.25, -0.2) is 0 Å². The molecule has 130 valence electrons. The van der Waals surface area contributed by atoms with Crippen molar-refractivity contribution in [2.45, 2.75) is 26.3 Å². The number of ether oxygens (including phenoxy) is 1. The van der Waals surface area contributed by atoms with Crippen LogP contribution in [0.2, 0.25) is 4.34 Å².